The van der Waals surface area contributed by atoms with Crippen LogP contribution >= 0.6 is 11.8 Å². The van der Waals surface area contributed by atoms with Crippen molar-refractivity contribution in [3.05, 3.63) is 48.4 Å². The van der Waals surface area contributed by atoms with Crippen molar-refractivity contribution in [1.82, 2.24) is 9.97 Å². The fraction of sp³-hybridized carbons (Fsp3) is 0.0909. The molecule has 2 aromatic heterocycles. The third-order valence-electron chi connectivity index (χ3n) is 1.86. The van der Waals surface area contributed by atoms with Gasteiger partial charge in [0.2, 0.25) is 0 Å². The van der Waals surface area contributed by atoms with Gasteiger partial charge in [0.25, 0.3) is 0 Å². The van der Waals surface area contributed by atoms with Crippen LogP contribution in [0.2, 0.25) is 0 Å². The lowest BCUT2D eigenvalue weighted by atomic mass is 10.3. The van der Waals surface area contributed by atoms with Crippen molar-refractivity contribution in [2.75, 3.05) is 0 Å². The van der Waals surface area contributed by atoms with Gasteiger partial charge < -0.3 is 5.73 Å². The molecule has 2 heterocycles. The fourth-order valence-corrected chi connectivity index (χ4v) is 1.98. The molecular weight excluding hydrogens is 206 g/mol. The van der Waals surface area contributed by atoms with Crippen molar-refractivity contribution in [3.63, 3.8) is 0 Å². The van der Waals surface area contributed by atoms with Gasteiger partial charge in [0.05, 0.1) is 5.69 Å². The number of nitrogens with two attached hydrogens (primary N) is 1. The third-order valence-corrected chi connectivity index (χ3v) is 2.80. The first-order valence-corrected chi connectivity index (χ1v) is 5.44. The van der Waals surface area contributed by atoms with Crippen molar-refractivity contribution in [3.8, 4) is 0 Å². The van der Waals surface area contributed by atoms with Gasteiger partial charge in [-0.25, -0.2) is 4.98 Å². The number of rotatable bonds is 3. The second-order valence-electron chi connectivity index (χ2n) is 2.96. The van der Waals surface area contributed by atoms with Crippen molar-refractivity contribution in [2.24, 2.45) is 5.73 Å². The van der Waals surface area contributed by atoms with E-state index in [9.17, 15) is 0 Å². The van der Waals surface area contributed by atoms with Crippen molar-refractivity contribution in [1.29, 1.82) is 0 Å². The summed E-state index contributed by atoms with van der Waals surface area (Å²) in [5.41, 5.74) is 6.42. The smallest absolute Gasteiger partial charge is 0.101 e. The summed E-state index contributed by atoms with van der Waals surface area (Å²) in [5.74, 6) is 0. The molecule has 2 rings (SSSR count). The minimum absolute atomic E-state index is 0.469. The highest BCUT2D eigenvalue weighted by Crippen LogP contribution is 2.25. The van der Waals surface area contributed by atoms with Crippen LogP contribution in [0.3, 0.4) is 0 Å². The summed E-state index contributed by atoms with van der Waals surface area (Å²) >= 11 is 1.61. The molecule has 0 radical (unpaired) electrons. The minimum atomic E-state index is 0.469. The first-order chi connectivity index (χ1) is 7.38. The Morgan fingerprint density at radius 1 is 1.13 bits per heavy atom. The second kappa shape index (κ2) is 4.91. The van der Waals surface area contributed by atoms with E-state index in [4.69, 9.17) is 5.73 Å². The van der Waals surface area contributed by atoms with Crippen molar-refractivity contribution in [2.45, 2.75) is 16.5 Å². The Balaban J connectivity index is 2.17. The van der Waals surface area contributed by atoms with E-state index in [1.54, 1.807) is 24.2 Å². The zero-order valence-electron chi connectivity index (χ0n) is 8.13. The highest BCUT2D eigenvalue weighted by Gasteiger charge is 1.99. The Bertz CT molecular complexity index is 431. The van der Waals surface area contributed by atoms with Gasteiger partial charge in [-0.2, -0.15) is 0 Å². The molecule has 0 saturated carbocycles. The quantitative estimate of drug-likeness (QED) is 0.855. The summed E-state index contributed by atoms with van der Waals surface area (Å²) in [6.07, 6.45) is 3.56. The predicted octanol–water partition coefficient (Wildman–Crippen LogP) is 2.09. The molecule has 0 aliphatic rings. The highest BCUT2D eigenvalue weighted by molar-refractivity contribution is 7.99. The van der Waals surface area contributed by atoms with Crippen LogP contribution in [0.25, 0.3) is 0 Å². The lowest BCUT2D eigenvalue weighted by molar-refractivity contribution is 0.976. The molecule has 0 aliphatic carbocycles. The van der Waals surface area contributed by atoms with Crippen LogP contribution in [0.5, 0.6) is 0 Å². The maximum absolute atomic E-state index is 5.52. The van der Waals surface area contributed by atoms with Crippen molar-refractivity contribution >= 4 is 11.8 Å². The van der Waals surface area contributed by atoms with E-state index in [1.165, 1.54) is 0 Å². The number of nitrogens with zero attached hydrogens (tertiary/aromatic N) is 2. The molecule has 0 amide bonds. The van der Waals surface area contributed by atoms with Gasteiger partial charge in [-0.1, -0.05) is 17.8 Å². The summed E-state index contributed by atoms with van der Waals surface area (Å²) in [7, 11) is 0. The zero-order chi connectivity index (χ0) is 10.5. The number of pyridine rings is 2. The molecule has 0 saturated heterocycles. The van der Waals surface area contributed by atoms with Gasteiger partial charge in [0.15, 0.2) is 0 Å². The number of hydrogen-bond acceptors (Lipinski definition) is 4. The summed E-state index contributed by atoms with van der Waals surface area (Å²) in [4.78, 5) is 9.50. The van der Waals surface area contributed by atoms with Gasteiger partial charge >= 0.3 is 0 Å². The van der Waals surface area contributed by atoms with E-state index in [2.05, 4.69) is 9.97 Å². The van der Waals surface area contributed by atoms with E-state index in [0.717, 1.165) is 15.6 Å². The molecule has 15 heavy (non-hydrogen) atoms. The predicted molar refractivity (Wildman–Crippen MR) is 60.5 cm³/mol. The van der Waals surface area contributed by atoms with Crippen LogP contribution < -0.4 is 5.73 Å². The van der Waals surface area contributed by atoms with E-state index >= 15 is 0 Å². The van der Waals surface area contributed by atoms with Gasteiger partial charge in [-0.3, -0.25) is 4.98 Å². The van der Waals surface area contributed by atoms with Crippen LogP contribution in [0.4, 0.5) is 0 Å². The minimum Gasteiger partial charge on any atom is -0.325 e. The van der Waals surface area contributed by atoms with Crippen LogP contribution in [0.1, 0.15) is 5.69 Å². The molecule has 0 aromatic carbocycles. The Morgan fingerprint density at radius 2 is 2.07 bits per heavy atom. The van der Waals surface area contributed by atoms with Crippen LogP contribution in [-0.2, 0) is 6.54 Å². The number of aromatic nitrogens is 2. The fourth-order valence-electron chi connectivity index (χ4n) is 1.16. The molecule has 0 fully saturated rings. The van der Waals surface area contributed by atoms with Crippen LogP contribution in [0, 0.1) is 0 Å². The largest absolute Gasteiger partial charge is 0.325 e. The second-order valence-corrected chi connectivity index (χ2v) is 4.05. The third kappa shape index (κ3) is 2.78. The molecule has 76 valence electrons. The Labute approximate surface area is 92.8 Å². The Kier molecular flexibility index (Phi) is 3.32. The zero-order valence-corrected chi connectivity index (χ0v) is 8.95. The Hall–Kier alpha value is -1.39. The summed E-state index contributed by atoms with van der Waals surface area (Å²) in [6.45, 7) is 0.469. The average Bonchev–Trinajstić information content (AvgIpc) is 2.31. The Morgan fingerprint density at radius 3 is 2.80 bits per heavy atom. The summed E-state index contributed by atoms with van der Waals surface area (Å²) in [5, 5.41) is 0.978. The molecule has 0 atom stereocenters. The lowest BCUT2D eigenvalue weighted by Gasteiger charge is -2.01. The lowest BCUT2D eigenvalue weighted by Crippen LogP contribution is -1.98. The number of hydrogen-bond donors (Lipinski definition) is 1. The van der Waals surface area contributed by atoms with Crippen molar-refractivity contribution < 1.29 is 0 Å². The first-order valence-electron chi connectivity index (χ1n) is 4.62. The van der Waals surface area contributed by atoms with E-state index in [-0.39, 0.29) is 0 Å². The highest BCUT2D eigenvalue weighted by atomic mass is 32.2. The first kappa shape index (κ1) is 10.1. The van der Waals surface area contributed by atoms with Crippen LogP contribution in [0.15, 0.2) is 52.6 Å². The van der Waals surface area contributed by atoms with Gasteiger partial charge in [0.1, 0.15) is 5.03 Å². The average molecular weight is 217 g/mol. The standard InChI is InChI=1S/C11H11N3S/c12-8-9-7-10(4-6-13-9)15-11-3-1-2-5-14-11/h1-7H,8,12H2. The maximum Gasteiger partial charge on any atom is 0.101 e. The summed E-state index contributed by atoms with van der Waals surface area (Å²) in [6, 6.07) is 9.80. The molecule has 2 N–H and O–H groups in total. The van der Waals surface area contributed by atoms with E-state index in [0.29, 0.717) is 6.54 Å². The molecule has 0 unspecified atom stereocenters. The van der Waals surface area contributed by atoms with Gasteiger partial charge in [0, 0.05) is 23.8 Å². The molecule has 0 spiro atoms. The molecule has 4 heteroatoms. The SMILES string of the molecule is NCc1cc(Sc2ccccn2)ccn1. The van der Waals surface area contributed by atoms with Gasteiger partial charge in [-0.05, 0) is 24.3 Å². The normalized spacial score (nSPS) is 10.2. The molecule has 0 bridgehead atoms. The maximum atomic E-state index is 5.52. The monoisotopic (exact) mass is 217 g/mol. The molecule has 0 aliphatic heterocycles. The van der Waals surface area contributed by atoms with Crippen LogP contribution in [-0.4, -0.2) is 9.97 Å². The van der Waals surface area contributed by atoms with E-state index in [1.807, 2.05) is 30.3 Å². The molecule has 2 aromatic rings. The molecular formula is C11H11N3S. The topological polar surface area (TPSA) is 51.8 Å². The van der Waals surface area contributed by atoms with Gasteiger partial charge in [-0.15, -0.1) is 0 Å². The van der Waals surface area contributed by atoms with E-state index < -0.39 is 0 Å². The summed E-state index contributed by atoms with van der Waals surface area (Å²) < 4.78 is 0. The molecule has 3 nitrogen and oxygen atoms in total.